The highest BCUT2D eigenvalue weighted by Crippen LogP contribution is 2.30. The van der Waals surface area contributed by atoms with Crippen molar-refractivity contribution in [1.29, 1.82) is 0 Å². The lowest BCUT2D eigenvalue weighted by atomic mass is 10.1. The number of carbonyl (C=O) groups is 1. The van der Waals surface area contributed by atoms with Crippen LogP contribution in [0, 0.1) is 0 Å². The zero-order valence-corrected chi connectivity index (χ0v) is 15.3. The molecule has 1 atom stereocenters. The number of nitrogens with zero attached hydrogens (tertiary/aromatic N) is 1. The Balaban J connectivity index is 1.89. The first kappa shape index (κ1) is 18.1. The van der Waals surface area contributed by atoms with Gasteiger partial charge in [-0.3, -0.25) is 4.79 Å². The van der Waals surface area contributed by atoms with Crippen molar-refractivity contribution in [1.82, 2.24) is 4.31 Å². The van der Waals surface area contributed by atoms with E-state index in [9.17, 15) is 13.2 Å². The van der Waals surface area contributed by atoms with Gasteiger partial charge in [0.2, 0.25) is 10.0 Å². The van der Waals surface area contributed by atoms with Gasteiger partial charge in [-0.05, 0) is 25.1 Å². The zero-order chi connectivity index (χ0) is 18.0. The Morgan fingerprint density at radius 2 is 1.96 bits per heavy atom. The largest absolute Gasteiger partial charge is 0.371 e. The van der Waals surface area contributed by atoms with Gasteiger partial charge in [0.15, 0.2) is 5.78 Å². The number of halogens is 1. The zero-order valence-electron chi connectivity index (χ0n) is 13.7. The fraction of sp³-hybridized carbons (Fsp3) is 0.278. The number of ketones is 1. The summed E-state index contributed by atoms with van der Waals surface area (Å²) in [6.07, 6.45) is -0.423. The summed E-state index contributed by atoms with van der Waals surface area (Å²) in [4.78, 5) is 11.6. The van der Waals surface area contributed by atoms with Crippen LogP contribution in [0.5, 0.6) is 0 Å². The summed E-state index contributed by atoms with van der Waals surface area (Å²) in [5.74, 6) is -0.173. The monoisotopic (exact) mass is 379 g/mol. The van der Waals surface area contributed by atoms with Crippen LogP contribution in [0.3, 0.4) is 0 Å². The van der Waals surface area contributed by atoms with Crippen LogP contribution in [0.2, 0.25) is 5.02 Å². The van der Waals surface area contributed by atoms with Crippen LogP contribution in [-0.4, -0.2) is 38.2 Å². The second-order valence-electron chi connectivity index (χ2n) is 5.83. The van der Waals surface area contributed by atoms with Gasteiger partial charge in [0.05, 0.1) is 17.6 Å². The van der Waals surface area contributed by atoms with E-state index in [1.54, 1.807) is 18.2 Å². The second-order valence-corrected chi connectivity index (χ2v) is 8.17. The average molecular weight is 380 g/mol. The number of rotatable bonds is 4. The molecule has 0 aromatic heterocycles. The van der Waals surface area contributed by atoms with Gasteiger partial charge in [-0.25, -0.2) is 8.42 Å². The Labute approximate surface area is 152 Å². The van der Waals surface area contributed by atoms with Crippen LogP contribution in [0.25, 0.3) is 0 Å². The quantitative estimate of drug-likeness (QED) is 0.764. The van der Waals surface area contributed by atoms with E-state index in [2.05, 4.69) is 0 Å². The van der Waals surface area contributed by atoms with Crippen molar-refractivity contribution in [3.8, 4) is 0 Å². The summed E-state index contributed by atoms with van der Waals surface area (Å²) in [6.45, 7) is 2.12. The number of Topliss-reactive ketones (excluding diaryl/α,β-unsaturated/α-hetero) is 1. The van der Waals surface area contributed by atoms with Gasteiger partial charge in [0.1, 0.15) is 0 Å². The molecule has 132 valence electrons. The molecule has 1 unspecified atom stereocenters. The molecular formula is C18H18ClNO4S. The minimum absolute atomic E-state index is 0.111. The van der Waals surface area contributed by atoms with Gasteiger partial charge < -0.3 is 4.74 Å². The van der Waals surface area contributed by atoms with Crippen LogP contribution in [-0.2, 0) is 14.8 Å². The Morgan fingerprint density at radius 3 is 2.68 bits per heavy atom. The molecule has 0 aliphatic carbocycles. The van der Waals surface area contributed by atoms with E-state index >= 15 is 0 Å². The molecule has 0 spiro atoms. The van der Waals surface area contributed by atoms with Gasteiger partial charge in [-0.2, -0.15) is 4.31 Å². The molecule has 5 nitrogen and oxygen atoms in total. The van der Waals surface area contributed by atoms with Crippen molar-refractivity contribution in [2.45, 2.75) is 17.9 Å². The maximum Gasteiger partial charge on any atom is 0.243 e. The van der Waals surface area contributed by atoms with Crippen LogP contribution in [0.15, 0.2) is 53.4 Å². The summed E-state index contributed by atoms with van der Waals surface area (Å²) in [5, 5.41) is 0.547. The van der Waals surface area contributed by atoms with Crippen LogP contribution < -0.4 is 0 Å². The first-order valence-electron chi connectivity index (χ1n) is 7.87. The van der Waals surface area contributed by atoms with E-state index in [0.717, 1.165) is 5.56 Å². The molecule has 0 saturated carbocycles. The molecule has 2 aromatic rings. The standard InChI is InChI=1S/C18H18ClNO4S/c1-13(21)14-5-4-6-15(11-14)25(22,23)20-9-10-24-18(12-20)16-7-2-3-8-17(16)19/h2-8,11,18H,9-10,12H2,1H3. The summed E-state index contributed by atoms with van der Waals surface area (Å²) in [7, 11) is -3.71. The highest BCUT2D eigenvalue weighted by atomic mass is 35.5. The lowest BCUT2D eigenvalue weighted by Gasteiger charge is -2.32. The smallest absolute Gasteiger partial charge is 0.243 e. The molecule has 1 fully saturated rings. The van der Waals surface area contributed by atoms with Crippen molar-refractivity contribution in [2.75, 3.05) is 19.7 Å². The van der Waals surface area contributed by atoms with Gasteiger partial charge in [0, 0.05) is 29.2 Å². The van der Waals surface area contributed by atoms with Crippen molar-refractivity contribution < 1.29 is 17.9 Å². The van der Waals surface area contributed by atoms with Gasteiger partial charge >= 0.3 is 0 Å². The molecule has 0 bridgehead atoms. The maximum absolute atomic E-state index is 12.9. The molecule has 2 aromatic carbocycles. The number of carbonyl (C=O) groups excluding carboxylic acids is 1. The molecular weight excluding hydrogens is 362 g/mol. The third-order valence-electron chi connectivity index (χ3n) is 4.16. The second kappa shape index (κ2) is 7.25. The SMILES string of the molecule is CC(=O)c1cccc(S(=O)(=O)N2CCOC(c3ccccc3Cl)C2)c1. The van der Waals surface area contributed by atoms with Crippen molar-refractivity contribution in [2.24, 2.45) is 0 Å². The Morgan fingerprint density at radius 1 is 1.20 bits per heavy atom. The van der Waals surface area contributed by atoms with Crippen molar-refractivity contribution in [3.63, 3.8) is 0 Å². The van der Waals surface area contributed by atoms with Crippen molar-refractivity contribution >= 4 is 27.4 Å². The molecule has 1 saturated heterocycles. The fourth-order valence-electron chi connectivity index (χ4n) is 2.79. The minimum atomic E-state index is -3.71. The first-order valence-corrected chi connectivity index (χ1v) is 9.68. The minimum Gasteiger partial charge on any atom is -0.371 e. The topological polar surface area (TPSA) is 63.7 Å². The molecule has 1 aliphatic heterocycles. The lowest BCUT2D eigenvalue weighted by molar-refractivity contribution is -0.00250. The molecule has 25 heavy (non-hydrogen) atoms. The van der Waals surface area contributed by atoms with E-state index in [0.29, 0.717) is 10.6 Å². The molecule has 1 aliphatic rings. The Hall–Kier alpha value is -1.73. The molecule has 0 N–H and O–H groups in total. The van der Waals surface area contributed by atoms with E-state index in [4.69, 9.17) is 16.3 Å². The number of benzene rings is 2. The van der Waals surface area contributed by atoms with Crippen LogP contribution in [0.1, 0.15) is 28.9 Å². The maximum atomic E-state index is 12.9. The van der Waals surface area contributed by atoms with Crippen LogP contribution >= 0.6 is 11.6 Å². The average Bonchev–Trinajstić information content (AvgIpc) is 2.62. The van der Waals surface area contributed by atoms with Crippen LogP contribution in [0.4, 0.5) is 0 Å². The third kappa shape index (κ3) is 3.77. The normalized spacial score (nSPS) is 18.9. The summed E-state index contributed by atoms with van der Waals surface area (Å²) < 4.78 is 33.0. The Kier molecular flexibility index (Phi) is 5.24. The van der Waals surface area contributed by atoms with Gasteiger partial charge in [-0.1, -0.05) is 41.9 Å². The summed E-state index contributed by atoms with van der Waals surface area (Å²) >= 11 is 6.21. The molecule has 0 amide bonds. The van der Waals surface area contributed by atoms with Gasteiger partial charge in [0.25, 0.3) is 0 Å². The van der Waals surface area contributed by atoms with E-state index in [-0.39, 0.29) is 30.4 Å². The Bertz CT molecular complexity index is 897. The molecule has 0 radical (unpaired) electrons. The number of hydrogen-bond acceptors (Lipinski definition) is 4. The molecule has 3 rings (SSSR count). The predicted molar refractivity (Wildman–Crippen MR) is 95.4 cm³/mol. The van der Waals surface area contributed by atoms with Gasteiger partial charge in [-0.15, -0.1) is 0 Å². The highest BCUT2D eigenvalue weighted by molar-refractivity contribution is 7.89. The number of morpholine rings is 1. The van der Waals surface area contributed by atoms with Crippen molar-refractivity contribution in [3.05, 3.63) is 64.7 Å². The summed E-state index contributed by atoms with van der Waals surface area (Å²) in [6, 6.07) is 13.3. The molecule has 1 heterocycles. The number of hydrogen-bond donors (Lipinski definition) is 0. The third-order valence-corrected chi connectivity index (χ3v) is 6.36. The summed E-state index contributed by atoms with van der Waals surface area (Å²) in [5.41, 5.74) is 1.14. The first-order chi connectivity index (χ1) is 11.9. The fourth-order valence-corrected chi connectivity index (χ4v) is 4.52. The van der Waals surface area contributed by atoms with E-state index < -0.39 is 16.1 Å². The molecule has 7 heteroatoms. The van der Waals surface area contributed by atoms with E-state index in [1.165, 1.54) is 23.4 Å². The lowest BCUT2D eigenvalue weighted by Crippen LogP contribution is -2.42. The predicted octanol–water partition coefficient (Wildman–Crippen LogP) is 3.30. The number of ether oxygens (including phenoxy) is 1. The van der Waals surface area contributed by atoms with E-state index in [1.807, 2.05) is 18.2 Å². The number of sulfonamides is 1. The highest BCUT2D eigenvalue weighted by Gasteiger charge is 2.32.